The van der Waals surface area contributed by atoms with Gasteiger partial charge in [0, 0.05) is 6.54 Å². The van der Waals surface area contributed by atoms with Crippen molar-refractivity contribution in [2.75, 3.05) is 19.8 Å². The van der Waals surface area contributed by atoms with Gasteiger partial charge in [-0.3, -0.25) is 0 Å². The number of rotatable bonds is 3. The third kappa shape index (κ3) is 2.93. The number of hydrogen-bond acceptors (Lipinski definition) is 4. The fourth-order valence-corrected chi connectivity index (χ4v) is 5.19. The minimum Gasteiger partial charge on any atom is -0.486 e. The van der Waals surface area contributed by atoms with Crippen LogP contribution in [0.5, 0.6) is 11.5 Å². The topological polar surface area (TPSA) is 55.8 Å². The zero-order valence-corrected chi connectivity index (χ0v) is 14.6. The Labute approximate surface area is 150 Å². The summed E-state index contributed by atoms with van der Waals surface area (Å²) >= 11 is 0. The lowest BCUT2D eigenvalue weighted by atomic mass is 10.0. The van der Waals surface area contributed by atoms with E-state index in [9.17, 15) is 17.2 Å². The molecule has 1 fully saturated rings. The molecule has 0 bridgehead atoms. The molecule has 4 rings (SSSR count). The summed E-state index contributed by atoms with van der Waals surface area (Å²) in [6.45, 7) is 1.14. The molecule has 0 N–H and O–H groups in total. The minimum atomic E-state index is -4.16. The van der Waals surface area contributed by atoms with Crippen LogP contribution in [0.2, 0.25) is 0 Å². The highest BCUT2D eigenvalue weighted by molar-refractivity contribution is 7.89. The number of halogens is 2. The van der Waals surface area contributed by atoms with Gasteiger partial charge in [-0.1, -0.05) is 6.07 Å². The Morgan fingerprint density at radius 2 is 1.77 bits per heavy atom. The highest BCUT2D eigenvalue weighted by atomic mass is 32.2. The second-order valence-electron chi connectivity index (χ2n) is 6.25. The monoisotopic (exact) mass is 381 g/mol. The van der Waals surface area contributed by atoms with E-state index >= 15 is 0 Å². The van der Waals surface area contributed by atoms with E-state index in [0.29, 0.717) is 37.6 Å². The molecule has 0 saturated carbocycles. The SMILES string of the molecule is O=S(=O)(c1cc(F)ccc1F)N1CCCC1c1ccc2c(c1)OCCO2. The zero-order chi connectivity index (χ0) is 18.3. The van der Waals surface area contributed by atoms with E-state index in [0.717, 1.165) is 23.8 Å². The van der Waals surface area contributed by atoms with E-state index in [1.54, 1.807) is 18.2 Å². The molecule has 5 nitrogen and oxygen atoms in total. The largest absolute Gasteiger partial charge is 0.486 e. The van der Waals surface area contributed by atoms with Crippen LogP contribution >= 0.6 is 0 Å². The predicted molar refractivity (Wildman–Crippen MR) is 89.7 cm³/mol. The second-order valence-corrected chi connectivity index (χ2v) is 8.11. The summed E-state index contributed by atoms with van der Waals surface area (Å²) in [7, 11) is -4.16. The highest BCUT2D eigenvalue weighted by Crippen LogP contribution is 2.40. The molecule has 2 aliphatic heterocycles. The van der Waals surface area contributed by atoms with E-state index < -0.39 is 32.6 Å². The van der Waals surface area contributed by atoms with Gasteiger partial charge in [-0.2, -0.15) is 4.31 Å². The third-order valence-electron chi connectivity index (χ3n) is 4.63. The standard InChI is InChI=1S/C18H17F2NO4S/c19-13-4-5-14(20)18(11-13)26(22,23)21-7-1-2-15(21)12-3-6-16-17(10-12)25-9-8-24-16/h3-6,10-11,15H,1-2,7-9H2. The van der Waals surface area contributed by atoms with Crippen LogP contribution in [0.25, 0.3) is 0 Å². The van der Waals surface area contributed by atoms with Crippen LogP contribution < -0.4 is 9.47 Å². The molecule has 2 aliphatic rings. The van der Waals surface area contributed by atoms with Gasteiger partial charge in [-0.05, 0) is 48.7 Å². The molecular formula is C18H17F2NO4S. The fourth-order valence-electron chi connectivity index (χ4n) is 3.43. The minimum absolute atomic E-state index is 0.247. The Kier molecular flexibility index (Phi) is 4.32. The van der Waals surface area contributed by atoms with Crippen LogP contribution in [-0.4, -0.2) is 32.5 Å². The van der Waals surface area contributed by atoms with Crippen molar-refractivity contribution in [2.24, 2.45) is 0 Å². The molecule has 2 aromatic carbocycles. The van der Waals surface area contributed by atoms with Crippen molar-refractivity contribution < 1.29 is 26.7 Å². The highest BCUT2D eigenvalue weighted by Gasteiger charge is 2.38. The van der Waals surface area contributed by atoms with Crippen LogP contribution in [0, 0.1) is 11.6 Å². The zero-order valence-electron chi connectivity index (χ0n) is 13.8. The van der Waals surface area contributed by atoms with Crippen LogP contribution in [0.4, 0.5) is 8.78 Å². The molecule has 0 radical (unpaired) electrons. The number of hydrogen-bond donors (Lipinski definition) is 0. The van der Waals surface area contributed by atoms with Crippen molar-refractivity contribution in [2.45, 2.75) is 23.8 Å². The smallest absolute Gasteiger partial charge is 0.246 e. The van der Waals surface area contributed by atoms with Crippen molar-refractivity contribution in [3.8, 4) is 11.5 Å². The van der Waals surface area contributed by atoms with Gasteiger partial charge < -0.3 is 9.47 Å². The van der Waals surface area contributed by atoms with E-state index in [2.05, 4.69) is 0 Å². The molecule has 1 atom stereocenters. The Bertz CT molecular complexity index is 948. The number of sulfonamides is 1. The summed E-state index contributed by atoms with van der Waals surface area (Å²) in [5.74, 6) is -0.571. The summed E-state index contributed by atoms with van der Waals surface area (Å²) in [5, 5.41) is 0. The van der Waals surface area contributed by atoms with Crippen molar-refractivity contribution in [3.05, 3.63) is 53.6 Å². The van der Waals surface area contributed by atoms with Crippen LogP contribution in [0.15, 0.2) is 41.3 Å². The first-order chi connectivity index (χ1) is 12.5. The normalized spacial score (nSPS) is 20.3. The molecular weight excluding hydrogens is 364 g/mol. The summed E-state index contributed by atoms with van der Waals surface area (Å²) < 4.78 is 65.7. The Morgan fingerprint density at radius 1 is 1.00 bits per heavy atom. The summed E-state index contributed by atoms with van der Waals surface area (Å²) in [6, 6.07) is 7.29. The molecule has 0 spiro atoms. The van der Waals surface area contributed by atoms with Gasteiger partial charge in [0.05, 0.1) is 6.04 Å². The van der Waals surface area contributed by atoms with Gasteiger partial charge in [0.2, 0.25) is 10.0 Å². The first-order valence-electron chi connectivity index (χ1n) is 8.33. The van der Waals surface area contributed by atoms with Gasteiger partial charge in [-0.15, -0.1) is 0 Å². The second kappa shape index (κ2) is 6.51. The first-order valence-corrected chi connectivity index (χ1v) is 9.77. The molecule has 2 aromatic rings. The fraction of sp³-hybridized carbons (Fsp3) is 0.333. The Hall–Kier alpha value is -2.19. The summed E-state index contributed by atoms with van der Waals surface area (Å²) in [4.78, 5) is -0.637. The van der Waals surface area contributed by atoms with Gasteiger partial charge in [0.1, 0.15) is 29.7 Å². The van der Waals surface area contributed by atoms with E-state index in [1.807, 2.05) is 0 Å². The maximum atomic E-state index is 14.1. The van der Waals surface area contributed by atoms with Crippen LogP contribution in [-0.2, 0) is 10.0 Å². The lowest BCUT2D eigenvalue weighted by Crippen LogP contribution is -2.31. The molecule has 0 aliphatic carbocycles. The number of ether oxygens (including phenoxy) is 2. The van der Waals surface area contributed by atoms with Gasteiger partial charge in [0.25, 0.3) is 0 Å². The third-order valence-corrected chi connectivity index (χ3v) is 6.56. The van der Waals surface area contributed by atoms with E-state index in [1.165, 1.54) is 4.31 Å². The number of nitrogens with zero attached hydrogens (tertiary/aromatic N) is 1. The van der Waals surface area contributed by atoms with Crippen molar-refractivity contribution in [3.63, 3.8) is 0 Å². The van der Waals surface area contributed by atoms with Gasteiger partial charge in [0.15, 0.2) is 11.5 Å². The van der Waals surface area contributed by atoms with Crippen LogP contribution in [0.1, 0.15) is 24.4 Å². The molecule has 1 saturated heterocycles. The molecule has 1 unspecified atom stereocenters. The Balaban J connectivity index is 1.71. The maximum absolute atomic E-state index is 14.1. The molecule has 2 heterocycles. The summed E-state index contributed by atoms with van der Waals surface area (Å²) in [5.41, 5.74) is 0.743. The molecule has 138 valence electrons. The van der Waals surface area contributed by atoms with E-state index in [-0.39, 0.29) is 6.54 Å². The molecule has 26 heavy (non-hydrogen) atoms. The lowest BCUT2D eigenvalue weighted by Gasteiger charge is -2.26. The average molecular weight is 381 g/mol. The summed E-state index contributed by atoms with van der Waals surface area (Å²) in [6.07, 6.45) is 1.23. The van der Waals surface area contributed by atoms with Crippen molar-refractivity contribution in [1.82, 2.24) is 4.31 Å². The first kappa shape index (κ1) is 17.2. The molecule has 8 heteroatoms. The van der Waals surface area contributed by atoms with Gasteiger partial charge >= 0.3 is 0 Å². The van der Waals surface area contributed by atoms with Crippen molar-refractivity contribution >= 4 is 10.0 Å². The van der Waals surface area contributed by atoms with Gasteiger partial charge in [-0.25, -0.2) is 17.2 Å². The maximum Gasteiger partial charge on any atom is 0.246 e. The average Bonchev–Trinajstić information content (AvgIpc) is 3.14. The number of benzene rings is 2. The predicted octanol–water partition coefficient (Wildman–Crippen LogP) is 3.26. The Morgan fingerprint density at radius 3 is 2.58 bits per heavy atom. The van der Waals surface area contributed by atoms with E-state index in [4.69, 9.17) is 9.47 Å². The van der Waals surface area contributed by atoms with Crippen LogP contribution in [0.3, 0.4) is 0 Å². The molecule has 0 amide bonds. The number of fused-ring (bicyclic) bond motifs is 1. The quantitative estimate of drug-likeness (QED) is 0.819. The van der Waals surface area contributed by atoms with Crippen molar-refractivity contribution in [1.29, 1.82) is 0 Å². The lowest BCUT2D eigenvalue weighted by molar-refractivity contribution is 0.171. The molecule has 0 aromatic heterocycles.